The van der Waals surface area contributed by atoms with Crippen molar-refractivity contribution in [3.63, 3.8) is 0 Å². The van der Waals surface area contributed by atoms with Gasteiger partial charge in [-0.05, 0) is 44.7 Å². The third-order valence-corrected chi connectivity index (χ3v) is 4.46. The minimum absolute atomic E-state index is 0.315. The van der Waals surface area contributed by atoms with Gasteiger partial charge in [-0.1, -0.05) is 17.7 Å². The maximum absolute atomic E-state index is 4.71. The van der Waals surface area contributed by atoms with Crippen LogP contribution in [-0.4, -0.2) is 23.3 Å². The highest BCUT2D eigenvalue weighted by atomic mass is 15.0. The zero-order chi connectivity index (χ0) is 13.9. The lowest BCUT2D eigenvalue weighted by Crippen LogP contribution is -2.45. The Balaban J connectivity index is 1.77. The van der Waals surface area contributed by atoms with Crippen LogP contribution in [0.4, 0.5) is 0 Å². The van der Waals surface area contributed by atoms with Gasteiger partial charge in [0.2, 0.25) is 0 Å². The number of dihydropyridines is 1. The zero-order valence-corrected chi connectivity index (χ0v) is 12.3. The third kappa shape index (κ3) is 2.68. The van der Waals surface area contributed by atoms with Gasteiger partial charge in [-0.2, -0.15) is 0 Å². The quantitative estimate of drug-likeness (QED) is 0.836. The fraction of sp³-hybridized carbons (Fsp3) is 0.529. The Kier molecular flexibility index (Phi) is 3.97. The standard InChI is InChI=1S/C17H23N3/c1-12-6-4-10-18-16(12)14-8-3-9-15(20-14)17-13(2)7-5-11-19-17/h4,6-7,10-11,14-15,17,20H,3,5,8-9H2,1-2H3/t14-,15+,17?/m0/s1. The van der Waals surface area contributed by atoms with E-state index < -0.39 is 0 Å². The topological polar surface area (TPSA) is 37.3 Å². The first kappa shape index (κ1) is 13.5. The Morgan fingerprint density at radius 2 is 2.15 bits per heavy atom. The van der Waals surface area contributed by atoms with Crippen molar-refractivity contribution in [2.45, 2.75) is 57.7 Å². The summed E-state index contributed by atoms with van der Waals surface area (Å²) in [7, 11) is 0. The average molecular weight is 269 g/mol. The molecule has 0 bridgehead atoms. The molecule has 1 saturated heterocycles. The van der Waals surface area contributed by atoms with E-state index in [0.29, 0.717) is 18.1 Å². The second-order valence-corrected chi connectivity index (χ2v) is 5.92. The summed E-state index contributed by atoms with van der Waals surface area (Å²) in [6.07, 6.45) is 10.9. The first-order valence-corrected chi connectivity index (χ1v) is 7.61. The highest BCUT2D eigenvalue weighted by molar-refractivity contribution is 5.62. The van der Waals surface area contributed by atoms with E-state index in [1.807, 2.05) is 12.3 Å². The second-order valence-electron chi connectivity index (χ2n) is 5.92. The number of nitrogens with one attached hydrogen (secondary N) is 1. The number of rotatable bonds is 2. The van der Waals surface area contributed by atoms with Crippen LogP contribution >= 0.6 is 0 Å². The first-order chi connectivity index (χ1) is 9.75. The molecule has 1 fully saturated rings. The Morgan fingerprint density at radius 3 is 2.95 bits per heavy atom. The van der Waals surface area contributed by atoms with E-state index in [-0.39, 0.29) is 0 Å². The van der Waals surface area contributed by atoms with Crippen LogP contribution in [0.25, 0.3) is 0 Å². The number of piperidine rings is 1. The number of hydrogen-bond donors (Lipinski definition) is 1. The lowest BCUT2D eigenvalue weighted by atomic mass is 9.88. The van der Waals surface area contributed by atoms with Crippen molar-refractivity contribution in [2.75, 3.05) is 0 Å². The Morgan fingerprint density at radius 1 is 1.25 bits per heavy atom. The number of hydrogen-bond acceptors (Lipinski definition) is 3. The third-order valence-electron chi connectivity index (χ3n) is 4.46. The van der Waals surface area contributed by atoms with Gasteiger partial charge in [-0.3, -0.25) is 9.98 Å². The predicted molar refractivity (Wildman–Crippen MR) is 83.1 cm³/mol. The number of aliphatic imine (C=N–C) groups is 1. The SMILES string of the molecule is CC1=CCC=NC1[C@H]1CCC[C@@H](c2ncccc2C)N1. The molecule has 2 aliphatic heterocycles. The Bertz CT molecular complexity index is 533. The van der Waals surface area contributed by atoms with E-state index >= 15 is 0 Å². The van der Waals surface area contributed by atoms with Crippen molar-refractivity contribution < 1.29 is 0 Å². The van der Waals surface area contributed by atoms with E-state index in [1.165, 1.54) is 36.1 Å². The fourth-order valence-electron chi connectivity index (χ4n) is 3.37. The van der Waals surface area contributed by atoms with E-state index in [1.54, 1.807) is 0 Å². The molecule has 0 aliphatic carbocycles. The highest BCUT2D eigenvalue weighted by Gasteiger charge is 2.30. The van der Waals surface area contributed by atoms with Gasteiger partial charge < -0.3 is 5.32 Å². The zero-order valence-electron chi connectivity index (χ0n) is 12.3. The van der Waals surface area contributed by atoms with Crippen LogP contribution in [0.2, 0.25) is 0 Å². The lowest BCUT2D eigenvalue weighted by molar-refractivity contribution is 0.299. The lowest BCUT2D eigenvalue weighted by Gasteiger charge is -2.35. The van der Waals surface area contributed by atoms with Gasteiger partial charge in [0.25, 0.3) is 0 Å². The number of allylic oxidation sites excluding steroid dienone is 1. The summed E-state index contributed by atoms with van der Waals surface area (Å²) in [6.45, 7) is 4.36. The number of pyridine rings is 1. The first-order valence-electron chi connectivity index (χ1n) is 7.61. The molecule has 1 unspecified atom stereocenters. The summed E-state index contributed by atoms with van der Waals surface area (Å²) < 4.78 is 0. The molecule has 106 valence electrons. The molecule has 0 amide bonds. The minimum atomic E-state index is 0.315. The predicted octanol–water partition coefficient (Wildman–Crippen LogP) is 3.36. The molecule has 1 N–H and O–H groups in total. The molecule has 3 heterocycles. The normalized spacial score (nSPS) is 30.1. The van der Waals surface area contributed by atoms with E-state index in [2.05, 4.69) is 42.5 Å². The van der Waals surface area contributed by atoms with Crippen LogP contribution in [0.5, 0.6) is 0 Å². The van der Waals surface area contributed by atoms with Crippen molar-refractivity contribution in [3.8, 4) is 0 Å². The molecule has 3 atom stereocenters. The highest BCUT2D eigenvalue weighted by Crippen LogP contribution is 2.30. The summed E-state index contributed by atoms with van der Waals surface area (Å²) in [6, 6.07) is 5.30. The largest absolute Gasteiger partial charge is 0.303 e. The molecule has 2 aliphatic rings. The number of aryl methyl sites for hydroxylation is 1. The molecule has 0 saturated carbocycles. The summed E-state index contributed by atoms with van der Waals surface area (Å²) in [4.78, 5) is 9.29. The Labute approximate surface area is 121 Å². The number of nitrogens with zero attached hydrogens (tertiary/aromatic N) is 2. The molecule has 20 heavy (non-hydrogen) atoms. The van der Waals surface area contributed by atoms with Crippen molar-refractivity contribution in [3.05, 3.63) is 41.2 Å². The van der Waals surface area contributed by atoms with Gasteiger partial charge >= 0.3 is 0 Å². The van der Waals surface area contributed by atoms with Gasteiger partial charge in [0, 0.05) is 24.9 Å². The fourth-order valence-corrected chi connectivity index (χ4v) is 3.37. The van der Waals surface area contributed by atoms with Crippen LogP contribution in [-0.2, 0) is 0 Å². The van der Waals surface area contributed by atoms with Crippen molar-refractivity contribution >= 4 is 6.21 Å². The average Bonchev–Trinajstić information content (AvgIpc) is 2.48. The monoisotopic (exact) mass is 269 g/mol. The van der Waals surface area contributed by atoms with Crippen molar-refractivity contribution in [2.24, 2.45) is 4.99 Å². The van der Waals surface area contributed by atoms with Crippen molar-refractivity contribution in [1.82, 2.24) is 10.3 Å². The van der Waals surface area contributed by atoms with Gasteiger partial charge in [-0.15, -0.1) is 0 Å². The second kappa shape index (κ2) is 5.88. The summed E-state index contributed by atoms with van der Waals surface area (Å²) in [5.41, 5.74) is 3.90. The van der Waals surface area contributed by atoms with Gasteiger partial charge in [0.1, 0.15) is 0 Å². The molecule has 0 aromatic carbocycles. The molecule has 1 aromatic rings. The molecule has 3 heteroatoms. The van der Waals surface area contributed by atoms with Gasteiger partial charge in [0.05, 0.1) is 17.8 Å². The van der Waals surface area contributed by atoms with Gasteiger partial charge in [-0.25, -0.2) is 0 Å². The molecular formula is C17H23N3. The van der Waals surface area contributed by atoms with E-state index in [4.69, 9.17) is 4.99 Å². The van der Waals surface area contributed by atoms with Gasteiger partial charge in [0.15, 0.2) is 0 Å². The van der Waals surface area contributed by atoms with E-state index in [9.17, 15) is 0 Å². The smallest absolute Gasteiger partial charge is 0.0855 e. The van der Waals surface area contributed by atoms with Crippen LogP contribution in [0.3, 0.4) is 0 Å². The molecule has 0 spiro atoms. The summed E-state index contributed by atoms with van der Waals surface area (Å²) in [5, 5.41) is 3.79. The maximum Gasteiger partial charge on any atom is 0.0855 e. The van der Waals surface area contributed by atoms with Crippen LogP contribution in [0.15, 0.2) is 35.0 Å². The molecular weight excluding hydrogens is 246 g/mol. The van der Waals surface area contributed by atoms with Crippen LogP contribution in [0, 0.1) is 6.92 Å². The Hall–Kier alpha value is -1.48. The molecule has 3 nitrogen and oxygen atoms in total. The summed E-state index contributed by atoms with van der Waals surface area (Å²) >= 11 is 0. The summed E-state index contributed by atoms with van der Waals surface area (Å²) in [5.74, 6) is 0. The van der Waals surface area contributed by atoms with Crippen LogP contribution < -0.4 is 5.32 Å². The molecule has 0 radical (unpaired) electrons. The molecule has 1 aromatic heterocycles. The maximum atomic E-state index is 4.71. The van der Waals surface area contributed by atoms with Crippen LogP contribution in [0.1, 0.15) is 49.9 Å². The molecule has 3 rings (SSSR count). The minimum Gasteiger partial charge on any atom is -0.303 e. The van der Waals surface area contributed by atoms with Crippen molar-refractivity contribution in [1.29, 1.82) is 0 Å². The number of aromatic nitrogens is 1. The van der Waals surface area contributed by atoms with E-state index in [0.717, 1.165) is 6.42 Å².